The first-order valence-electron chi connectivity index (χ1n) is 11.3. The zero-order valence-corrected chi connectivity index (χ0v) is 24.0. The van der Waals surface area contributed by atoms with Crippen LogP contribution in [0.5, 0.6) is 0 Å². The normalized spacial score (nSPS) is 16.9. The summed E-state index contributed by atoms with van der Waals surface area (Å²) in [4.78, 5) is 22.1. The zero-order chi connectivity index (χ0) is 24.5. The second-order valence-corrected chi connectivity index (χ2v) is 12.7. The monoisotopic (exact) mass is 600 g/mol. The van der Waals surface area contributed by atoms with Gasteiger partial charge in [-0.2, -0.15) is 4.31 Å². The topological polar surface area (TPSA) is 73.8 Å². The van der Waals surface area contributed by atoms with E-state index in [2.05, 4.69) is 20.9 Å². The Bertz CT molecular complexity index is 1280. The van der Waals surface area contributed by atoms with Crippen molar-refractivity contribution in [1.82, 2.24) is 14.2 Å². The molecule has 1 aromatic heterocycles. The van der Waals surface area contributed by atoms with Crippen molar-refractivity contribution >= 4 is 71.0 Å². The summed E-state index contributed by atoms with van der Waals surface area (Å²) < 4.78 is 29.8. The molecule has 7 nitrogen and oxygen atoms in total. The van der Waals surface area contributed by atoms with Crippen molar-refractivity contribution < 1.29 is 13.2 Å². The van der Waals surface area contributed by atoms with E-state index in [0.717, 1.165) is 34.0 Å². The number of hydrogen-bond acceptors (Lipinski definition) is 6. The van der Waals surface area contributed by atoms with Crippen LogP contribution >= 0.6 is 39.7 Å². The Morgan fingerprint density at radius 2 is 1.86 bits per heavy atom. The van der Waals surface area contributed by atoms with Crippen molar-refractivity contribution in [3.05, 3.63) is 52.5 Å². The van der Waals surface area contributed by atoms with Crippen LogP contribution in [0.15, 0.2) is 51.8 Å². The number of likely N-dealkylation sites (N-methyl/N-ethyl adjacent to an activating group) is 1. The molecular formula is C24H30BrClN4O3S2. The predicted molar refractivity (Wildman–Crippen MR) is 148 cm³/mol. The molecule has 1 unspecified atom stereocenters. The van der Waals surface area contributed by atoms with Crippen LogP contribution in [0, 0.1) is 0 Å². The molecule has 11 heteroatoms. The van der Waals surface area contributed by atoms with E-state index in [9.17, 15) is 13.2 Å². The molecule has 0 bridgehead atoms. The molecule has 0 radical (unpaired) electrons. The molecule has 1 atom stereocenters. The average molecular weight is 602 g/mol. The van der Waals surface area contributed by atoms with Crippen molar-refractivity contribution in [3.63, 3.8) is 0 Å². The van der Waals surface area contributed by atoms with Gasteiger partial charge in [0.15, 0.2) is 5.13 Å². The highest BCUT2D eigenvalue weighted by molar-refractivity contribution is 9.10. The summed E-state index contributed by atoms with van der Waals surface area (Å²) in [5, 5.41) is 0.624. The number of hydrogen-bond donors (Lipinski definition) is 0. The van der Waals surface area contributed by atoms with E-state index in [-0.39, 0.29) is 29.3 Å². The number of benzene rings is 2. The molecule has 3 aromatic rings. The van der Waals surface area contributed by atoms with Gasteiger partial charge in [0, 0.05) is 35.7 Å². The minimum absolute atomic E-state index is 0. The maximum atomic E-state index is 13.5. The molecule has 2 aromatic carbocycles. The molecule has 1 saturated heterocycles. The van der Waals surface area contributed by atoms with Gasteiger partial charge in [0.25, 0.3) is 5.91 Å². The highest BCUT2D eigenvalue weighted by atomic mass is 79.9. The molecule has 1 aliphatic rings. The number of rotatable bonds is 7. The summed E-state index contributed by atoms with van der Waals surface area (Å²) in [7, 11) is 0.333. The molecule has 4 rings (SSSR count). The van der Waals surface area contributed by atoms with Crippen LogP contribution < -0.4 is 4.90 Å². The SMILES string of the molecule is CC1CCCCN1S(=O)(=O)c1ccc(C(=O)N(CCN(C)C)c2nc3ccc(Br)cc3s2)cc1.Cl. The number of sulfonamides is 1. The zero-order valence-electron chi connectivity index (χ0n) is 20.0. The van der Waals surface area contributed by atoms with Crippen LogP contribution in [0.2, 0.25) is 0 Å². The van der Waals surface area contributed by atoms with Crippen LogP contribution in [-0.2, 0) is 10.0 Å². The standard InChI is InChI=1S/C24H29BrN4O3S2.ClH/c1-17-6-4-5-13-29(17)34(31,32)20-10-7-18(8-11-20)23(30)28(15-14-27(2)3)24-26-21-12-9-19(25)16-22(21)33-24;/h7-12,16-17H,4-6,13-15H2,1-3H3;1H. The van der Waals surface area contributed by atoms with Gasteiger partial charge in [-0.15, -0.1) is 12.4 Å². The minimum Gasteiger partial charge on any atom is -0.308 e. The number of carbonyl (C=O) groups excluding carboxylic acids is 1. The molecule has 1 aliphatic heterocycles. The fraction of sp³-hybridized carbons (Fsp3) is 0.417. The van der Waals surface area contributed by atoms with Gasteiger partial charge in [0.2, 0.25) is 10.0 Å². The van der Waals surface area contributed by atoms with Crippen molar-refractivity contribution in [2.24, 2.45) is 0 Å². The number of halogens is 2. The third-order valence-corrected chi connectivity index (χ3v) is 9.60. The molecule has 0 N–H and O–H groups in total. The van der Waals surface area contributed by atoms with Gasteiger partial charge in [-0.25, -0.2) is 13.4 Å². The third-order valence-electron chi connectivity index (χ3n) is 6.04. The first-order chi connectivity index (χ1) is 16.2. The summed E-state index contributed by atoms with van der Waals surface area (Å²) in [6, 6.07) is 12.1. The Morgan fingerprint density at radius 1 is 1.14 bits per heavy atom. The largest absolute Gasteiger partial charge is 0.308 e. The van der Waals surface area contributed by atoms with E-state index < -0.39 is 10.0 Å². The second-order valence-electron chi connectivity index (χ2n) is 8.85. The lowest BCUT2D eigenvalue weighted by Gasteiger charge is -2.32. The van der Waals surface area contributed by atoms with E-state index in [4.69, 9.17) is 0 Å². The van der Waals surface area contributed by atoms with Crippen LogP contribution in [0.25, 0.3) is 10.2 Å². The minimum atomic E-state index is -3.58. The lowest BCUT2D eigenvalue weighted by atomic mass is 10.1. The number of fused-ring (bicyclic) bond motifs is 1. The predicted octanol–water partition coefficient (Wildman–Crippen LogP) is 5.25. The van der Waals surface area contributed by atoms with Gasteiger partial charge in [0.1, 0.15) is 0 Å². The second kappa shape index (κ2) is 11.7. The van der Waals surface area contributed by atoms with Crippen molar-refractivity contribution in [1.29, 1.82) is 0 Å². The van der Waals surface area contributed by atoms with Crippen molar-refractivity contribution in [2.45, 2.75) is 37.1 Å². The molecule has 190 valence electrons. The van der Waals surface area contributed by atoms with Crippen LogP contribution in [0.4, 0.5) is 5.13 Å². The summed E-state index contributed by atoms with van der Waals surface area (Å²) in [6.45, 7) is 3.63. The van der Waals surface area contributed by atoms with E-state index in [1.165, 1.54) is 11.3 Å². The van der Waals surface area contributed by atoms with Gasteiger partial charge < -0.3 is 4.90 Å². The Kier molecular flexibility index (Phi) is 9.33. The Hall–Kier alpha value is -1.56. The van der Waals surface area contributed by atoms with Gasteiger partial charge in [-0.05, 0) is 76.3 Å². The summed E-state index contributed by atoms with van der Waals surface area (Å²) in [6.07, 6.45) is 2.79. The van der Waals surface area contributed by atoms with Gasteiger partial charge >= 0.3 is 0 Å². The van der Waals surface area contributed by atoms with E-state index in [0.29, 0.717) is 30.3 Å². The first kappa shape index (κ1) is 28.0. The summed E-state index contributed by atoms with van der Waals surface area (Å²) in [5.41, 5.74) is 1.27. The average Bonchev–Trinajstić information content (AvgIpc) is 3.22. The highest BCUT2D eigenvalue weighted by Crippen LogP contribution is 2.32. The Morgan fingerprint density at radius 3 is 2.51 bits per heavy atom. The molecule has 2 heterocycles. The van der Waals surface area contributed by atoms with Crippen LogP contribution in [0.3, 0.4) is 0 Å². The summed E-state index contributed by atoms with van der Waals surface area (Å²) >= 11 is 4.95. The molecule has 1 fully saturated rings. The van der Waals surface area contributed by atoms with Gasteiger partial charge in [-0.3, -0.25) is 9.69 Å². The number of anilines is 1. The van der Waals surface area contributed by atoms with Gasteiger partial charge in [-0.1, -0.05) is 33.7 Å². The lowest BCUT2D eigenvalue weighted by molar-refractivity contribution is 0.0985. The molecular weight excluding hydrogens is 572 g/mol. The number of amides is 1. The summed E-state index contributed by atoms with van der Waals surface area (Å²) in [5.74, 6) is -0.199. The molecule has 1 amide bonds. The molecule has 35 heavy (non-hydrogen) atoms. The highest BCUT2D eigenvalue weighted by Gasteiger charge is 2.31. The fourth-order valence-electron chi connectivity index (χ4n) is 4.08. The Balaban J connectivity index is 0.00000342. The van der Waals surface area contributed by atoms with Crippen molar-refractivity contribution in [2.75, 3.05) is 38.6 Å². The van der Waals surface area contributed by atoms with Crippen LogP contribution in [-0.4, -0.2) is 68.3 Å². The number of thiazole rings is 1. The lowest BCUT2D eigenvalue weighted by Crippen LogP contribution is -2.41. The number of nitrogens with zero attached hydrogens (tertiary/aromatic N) is 4. The number of aromatic nitrogens is 1. The maximum Gasteiger partial charge on any atom is 0.260 e. The first-order valence-corrected chi connectivity index (χ1v) is 14.4. The van der Waals surface area contributed by atoms with E-state index in [1.807, 2.05) is 44.1 Å². The number of carbonyl (C=O) groups is 1. The van der Waals surface area contributed by atoms with E-state index >= 15 is 0 Å². The maximum absolute atomic E-state index is 13.5. The fourth-order valence-corrected chi connectivity index (χ4v) is 7.32. The third kappa shape index (κ3) is 6.23. The van der Waals surface area contributed by atoms with E-state index in [1.54, 1.807) is 33.5 Å². The quantitative estimate of drug-likeness (QED) is 0.370. The molecule has 0 spiro atoms. The smallest absolute Gasteiger partial charge is 0.260 e. The van der Waals surface area contributed by atoms with Gasteiger partial charge in [0.05, 0.1) is 15.1 Å². The number of piperidine rings is 1. The molecule has 0 aliphatic carbocycles. The van der Waals surface area contributed by atoms with Crippen LogP contribution in [0.1, 0.15) is 36.5 Å². The molecule has 0 saturated carbocycles. The Labute approximate surface area is 225 Å². The van der Waals surface area contributed by atoms with Crippen molar-refractivity contribution in [3.8, 4) is 0 Å².